The third-order valence-corrected chi connectivity index (χ3v) is 7.74. The molecule has 2 aromatic carbocycles. The van der Waals surface area contributed by atoms with Gasteiger partial charge in [0.15, 0.2) is 11.6 Å². The van der Waals surface area contributed by atoms with E-state index in [9.17, 15) is 22.4 Å². The average Bonchev–Trinajstić information content (AvgIpc) is 3.37. The van der Waals surface area contributed by atoms with Crippen LogP contribution in [-0.2, 0) is 0 Å². The molecule has 1 saturated carbocycles. The van der Waals surface area contributed by atoms with Crippen molar-refractivity contribution in [3.05, 3.63) is 76.5 Å². The first-order chi connectivity index (χ1) is 18.7. The zero-order valence-corrected chi connectivity index (χ0v) is 19.9. The van der Waals surface area contributed by atoms with Gasteiger partial charge in [0.05, 0.1) is 17.0 Å². The summed E-state index contributed by atoms with van der Waals surface area (Å²) in [6.45, 7) is 1.07. The molecule has 1 spiro atoms. The molecule has 2 fully saturated rings. The lowest BCUT2D eigenvalue weighted by atomic mass is 9.94. The summed E-state index contributed by atoms with van der Waals surface area (Å²) in [5, 5.41) is 9.01. The highest BCUT2D eigenvalue weighted by Crippen LogP contribution is 2.70. The van der Waals surface area contributed by atoms with Crippen LogP contribution in [0.25, 0.3) is 0 Å². The molecule has 14 heteroatoms. The first-order valence-electron chi connectivity index (χ1n) is 11.8. The zero-order chi connectivity index (χ0) is 27.6. The van der Waals surface area contributed by atoms with Crippen LogP contribution in [0.15, 0.2) is 35.6 Å². The molecule has 2 unspecified atom stereocenters. The molecule has 3 aromatic rings. The topological polar surface area (TPSA) is 126 Å². The molecule has 9 nitrogen and oxygen atoms in total. The maximum absolute atomic E-state index is 15.4. The van der Waals surface area contributed by atoms with Gasteiger partial charge in [-0.05, 0) is 24.5 Å². The first-order valence-corrected chi connectivity index (χ1v) is 11.8. The number of aromatic nitrogens is 2. The van der Waals surface area contributed by atoms with Crippen molar-refractivity contribution >= 4 is 17.6 Å². The third-order valence-electron chi connectivity index (χ3n) is 7.74. The number of nitrogens with one attached hydrogen (secondary N) is 1. The largest absolute Gasteiger partial charge is 0.451 e. The number of nitrogens with two attached hydrogens (primary N) is 1. The van der Waals surface area contributed by atoms with Crippen LogP contribution in [0, 0.1) is 40.4 Å². The van der Waals surface area contributed by atoms with Crippen LogP contribution in [-0.4, -0.2) is 51.5 Å². The number of carbonyl (C=O) groups excluding carboxylic acids is 1. The first kappa shape index (κ1) is 25.0. The number of likely N-dealkylation sites (tertiary alicyclic amines) is 1. The minimum Gasteiger partial charge on any atom is -0.451 e. The molecule has 1 aliphatic carbocycles. The molecule has 0 bridgehead atoms. The van der Waals surface area contributed by atoms with Gasteiger partial charge in [0.1, 0.15) is 23.7 Å². The fourth-order valence-electron chi connectivity index (χ4n) is 5.88. The number of anilines is 1. The molecule has 2 amide bonds. The highest BCUT2D eigenvalue weighted by Gasteiger charge is 2.69. The van der Waals surface area contributed by atoms with Crippen molar-refractivity contribution in [2.24, 2.45) is 16.3 Å². The molecule has 1 aromatic heterocycles. The van der Waals surface area contributed by atoms with E-state index in [4.69, 9.17) is 15.7 Å². The molecular formula is C25H19F5N6O3. The van der Waals surface area contributed by atoms with Gasteiger partial charge in [-0.15, -0.1) is 0 Å². The molecule has 3 heterocycles. The summed E-state index contributed by atoms with van der Waals surface area (Å²) < 4.78 is 75.5. The van der Waals surface area contributed by atoms with E-state index in [1.54, 1.807) is 5.48 Å². The van der Waals surface area contributed by atoms with Crippen LogP contribution >= 0.6 is 0 Å². The third kappa shape index (κ3) is 3.77. The highest BCUT2D eigenvalue weighted by atomic mass is 19.2. The SMILES string of the molecule is Nc1ncnc2c1C(c1ccc(Oc3c(F)c(F)cc(F)c3F)cc1F)=NCC1C2[C@]12CCN(C(=O)NO)C2. The maximum atomic E-state index is 15.4. The Hall–Kier alpha value is -4.33. The van der Waals surface area contributed by atoms with E-state index in [2.05, 4.69) is 15.0 Å². The standard InChI is InChI=1S/C25H19F5N6O3/c26-13-5-10(39-22-18(29)14(27)6-15(28)19(22)30)1-2-11(13)20-16-21(33-9-34-23(16)31)17-12(7-32-20)25(17)3-4-36(8-25)24(37)35-38/h1-2,5-6,9,12,17,38H,3-4,7-8H2,(H,35,37)(H2,31,33,34)/t12?,17?,25-/m0/s1. The Kier molecular flexibility index (Phi) is 5.68. The van der Waals surface area contributed by atoms with Gasteiger partial charge in [0, 0.05) is 48.7 Å². The van der Waals surface area contributed by atoms with E-state index < -0.39 is 46.6 Å². The Morgan fingerprint density at radius 3 is 2.54 bits per heavy atom. The number of aliphatic imine (C=N–C) groups is 1. The number of halogens is 5. The highest BCUT2D eigenvalue weighted by molar-refractivity contribution is 6.16. The number of ether oxygens (including phenoxy) is 1. The predicted octanol–water partition coefficient (Wildman–Crippen LogP) is 3.90. The number of hydrogen-bond donors (Lipinski definition) is 3. The molecule has 3 aliphatic rings. The second-order valence-corrected chi connectivity index (χ2v) is 9.66. The Morgan fingerprint density at radius 2 is 1.85 bits per heavy atom. The van der Waals surface area contributed by atoms with Crippen molar-refractivity contribution in [3.63, 3.8) is 0 Å². The molecule has 2 aliphatic heterocycles. The van der Waals surface area contributed by atoms with Crippen LogP contribution in [0.5, 0.6) is 11.5 Å². The molecule has 202 valence electrons. The second-order valence-electron chi connectivity index (χ2n) is 9.66. The molecule has 4 N–H and O–H groups in total. The van der Waals surface area contributed by atoms with Crippen molar-refractivity contribution in [1.29, 1.82) is 0 Å². The van der Waals surface area contributed by atoms with Crippen molar-refractivity contribution < 1.29 is 36.7 Å². The Bertz CT molecular complexity index is 1540. The smallest absolute Gasteiger partial charge is 0.341 e. The number of urea groups is 1. The fraction of sp³-hybridized carbons (Fsp3) is 0.280. The number of carbonyl (C=O) groups is 1. The van der Waals surface area contributed by atoms with Crippen LogP contribution in [0.3, 0.4) is 0 Å². The Morgan fingerprint density at radius 1 is 1.10 bits per heavy atom. The van der Waals surface area contributed by atoms with Crippen LogP contribution in [0.4, 0.5) is 32.6 Å². The number of hydrogen-bond acceptors (Lipinski definition) is 7. The summed E-state index contributed by atoms with van der Waals surface area (Å²) >= 11 is 0. The minimum atomic E-state index is -1.76. The number of hydroxylamine groups is 1. The van der Waals surface area contributed by atoms with Crippen molar-refractivity contribution in [2.45, 2.75) is 12.3 Å². The normalized spacial score (nSPS) is 23.1. The van der Waals surface area contributed by atoms with E-state index in [1.165, 1.54) is 17.3 Å². The summed E-state index contributed by atoms with van der Waals surface area (Å²) in [4.78, 5) is 26.6. The second kappa shape index (κ2) is 8.86. The van der Waals surface area contributed by atoms with Gasteiger partial charge < -0.3 is 15.4 Å². The van der Waals surface area contributed by atoms with E-state index in [0.717, 1.165) is 12.1 Å². The van der Waals surface area contributed by atoms with Crippen molar-refractivity contribution in [2.75, 3.05) is 25.4 Å². The van der Waals surface area contributed by atoms with Gasteiger partial charge in [0.2, 0.25) is 17.4 Å². The Balaban J connectivity index is 1.34. The van der Waals surface area contributed by atoms with Gasteiger partial charge in [-0.2, -0.15) is 8.78 Å². The van der Waals surface area contributed by atoms with Gasteiger partial charge >= 0.3 is 6.03 Å². The summed E-state index contributed by atoms with van der Waals surface area (Å²) in [5.41, 5.74) is 8.52. The molecular weight excluding hydrogens is 527 g/mol. The van der Waals surface area contributed by atoms with Gasteiger partial charge in [-0.3, -0.25) is 10.2 Å². The molecule has 3 atom stereocenters. The van der Waals surface area contributed by atoms with E-state index in [0.29, 0.717) is 30.8 Å². The number of amides is 2. The van der Waals surface area contributed by atoms with Gasteiger partial charge in [-0.25, -0.2) is 33.4 Å². The van der Waals surface area contributed by atoms with E-state index in [-0.39, 0.29) is 47.0 Å². The summed E-state index contributed by atoms with van der Waals surface area (Å²) in [7, 11) is 0. The molecule has 39 heavy (non-hydrogen) atoms. The van der Waals surface area contributed by atoms with Gasteiger partial charge in [0.25, 0.3) is 0 Å². The molecule has 1 saturated heterocycles. The zero-order valence-electron chi connectivity index (χ0n) is 19.9. The lowest BCUT2D eigenvalue weighted by molar-refractivity contribution is 0.134. The monoisotopic (exact) mass is 546 g/mol. The predicted molar refractivity (Wildman–Crippen MR) is 125 cm³/mol. The van der Waals surface area contributed by atoms with Crippen LogP contribution in [0.1, 0.15) is 29.2 Å². The summed E-state index contributed by atoms with van der Waals surface area (Å²) in [6, 6.07) is 2.63. The molecule has 6 rings (SSSR count). The minimum absolute atomic E-state index is 0.0282. The summed E-state index contributed by atoms with van der Waals surface area (Å²) in [6.07, 6.45) is 1.94. The number of nitrogens with zero attached hydrogens (tertiary/aromatic N) is 4. The molecule has 0 radical (unpaired) electrons. The number of rotatable bonds is 3. The fourth-order valence-corrected chi connectivity index (χ4v) is 5.88. The number of benzene rings is 2. The number of nitrogen functional groups attached to an aromatic ring is 1. The van der Waals surface area contributed by atoms with E-state index in [1.807, 2.05) is 0 Å². The Labute approximate surface area is 217 Å². The number of fused-ring (bicyclic) bond motifs is 5. The van der Waals surface area contributed by atoms with Gasteiger partial charge in [-0.1, -0.05) is 0 Å². The summed E-state index contributed by atoms with van der Waals surface area (Å²) in [5.74, 6) is -9.64. The van der Waals surface area contributed by atoms with Crippen molar-refractivity contribution in [3.8, 4) is 11.5 Å². The van der Waals surface area contributed by atoms with E-state index >= 15 is 4.39 Å². The quantitative estimate of drug-likeness (QED) is 0.198. The van der Waals surface area contributed by atoms with Crippen LogP contribution < -0.4 is 16.0 Å². The van der Waals surface area contributed by atoms with Crippen LogP contribution in [0.2, 0.25) is 0 Å². The maximum Gasteiger partial charge on any atom is 0.341 e. The van der Waals surface area contributed by atoms with Crippen molar-refractivity contribution in [1.82, 2.24) is 20.3 Å². The lowest BCUT2D eigenvalue weighted by Gasteiger charge is -2.18. The lowest BCUT2D eigenvalue weighted by Crippen LogP contribution is -2.37. The average molecular weight is 546 g/mol.